The van der Waals surface area contributed by atoms with Crippen molar-refractivity contribution in [3.05, 3.63) is 0 Å². The van der Waals surface area contributed by atoms with Crippen LogP contribution in [-0.2, 0) is 31.3 Å². The van der Waals surface area contributed by atoms with E-state index in [2.05, 4.69) is 0 Å². The molecule has 0 N–H and O–H groups in total. The Hall–Kier alpha value is -0.346. The molecule has 0 aliphatic carbocycles. The standard InChI is InChI=1S/C4H6O4.Ti/c5-3(6)1-2-4(7)8;/h1-2H2,(H,5,6)(H,7,8);/q;+2/p-2. The molecule has 0 rings (SSSR count). The molecule has 0 heterocycles. The van der Waals surface area contributed by atoms with Crippen LogP contribution in [0.5, 0.6) is 0 Å². The van der Waals surface area contributed by atoms with Crippen LogP contribution in [0.25, 0.3) is 0 Å². The van der Waals surface area contributed by atoms with Gasteiger partial charge in [-0.3, -0.25) is 0 Å². The van der Waals surface area contributed by atoms with Crippen molar-refractivity contribution in [2.75, 3.05) is 0 Å². The molecule has 0 bridgehead atoms. The Bertz CT molecular complexity index is 97.1. The van der Waals surface area contributed by atoms with Crippen LogP contribution in [0.15, 0.2) is 0 Å². The first-order valence-corrected chi connectivity index (χ1v) is 2.02. The fraction of sp³-hybridized carbons (Fsp3) is 0.500. The molecule has 0 saturated carbocycles. The molecule has 0 aliphatic heterocycles. The van der Waals surface area contributed by atoms with Gasteiger partial charge in [-0.1, -0.05) is 0 Å². The monoisotopic (exact) mass is 164 g/mol. The molecule has 0 saturated heterocycles. The number of carbonyl (C=O) groups excluding carboxylic acids is 2. The maximum Gasteiger partial charge on any atom is 2.00 e. The second kappa shape index (κ2) is 5.78. The van der Waals surface area contributed by atoms with Gasteiger partial charge >= 0.3 is 21.7 Å². The van der Waals surface area contributed by atoms with Crippen molar-refractivity contribution >= 4 is 11.9 Å². The van der Waals surface area contributed by atoms with E-state index in [0.717, 1.165) is 0 Å². The van der Waals surface area contributed by atoms with Crippen LogP contribution < -0.4 is 10.2 Å². The predicted octanol–water partition coefficient (Wildman–Crippen LogP) is -2.74. The van der Waals surface area contributed by atoms with Crippen LogP contribution in [0.4, 0.5) is 0 Å². The minimum absolute atomic E-state index is 0. The number of carbonyl (C=O) groups is 2. The van der Waals surface area contributed by atoms with Crippen LogP contribution >= 0.6 is 0 Å². The van der Waals surface area contributed by atoms with Gasteiger partial charge in [-0.15, -0.1) is 0 Å². The van der Waals surface area contributed by atoms with Gasteiger partial charge in [0.05, 0.1) is 0 Å². The number of hydrogen-bond acceptors (Lipinski definition) is 4. The van der Waals surface area contributed by atoms with Gasteiger partial charge in [0.15, 0.2) is 0 Å². The number of rotatable bonds is 3. The zero-order valence-corrected chi connectivity index (χ0v) is 6.11. The van der Waals surface area contributed by atoms with Gasteiger partial charge in [0.2, 0.25) is 0 Å². The van der Waals surface area contributed by atoms with Crippen LogP contribution in [0, 0.1) is 0 Å². The van der Waals surface area contributed by atoms with Crippen molar-refractivity contribution in [3.8, 4) is 0 Å². The van der Waals surface area contributed by atoms with Gasteiger partial charge in [-0.25, -0.2) is 0 Å². The summed E-state index contributed by atoms with van der Waals surface area (Å²) >= 11 is 0. The van der Waals surface area contributed by atoms with Gasteiger partial charge < -0.3 is 19.8 Å². The maximum absolute atomic E-state index is 9.50. The quantitative estimate of drug-likeness (QED) is 0.424. The first kappa shape index (κ1) is 11.5. The molecule has 0 spiro atoms. The Morgan fingerprint density at radius 2 is 1.22 bits per heavy atom. The summed E-state index contributed by atoms with van der Waals surface area (Å²) in [6, 6.07) is 0. The summed E-state index contributed by atoms with van der Waals surface area (Å²) in [5, 5.41) is 19.0. The zero-order valence-electron chi connectivity index (χ0n) is 4.55. The van der Waals surface area contributed by atoms with Gasteiger partial charge in [-0.05, 0) is 12.8 Å². The molecular weight excluding hydrogens is 160 g/mol. The number of carboxylic acid groups (broad SMARTS) is 2. The molecule has 5 heteroatoms. The van der Waals surface area contributed by atoms with Crippen molar-refractivity contribution in [1.29, 1.82) is 0 Å². The van der Waals surface area contributed by atoms with E-state index in [0.29, 0.717) is 0 Å². The molecule has 0 aliphatic rings. The SMILES string of the molecule is O=C([O-])CCC(=O)[O-].[Ti+2]. The second-order valence-electron chi connectivity index (χ2n) is 1.24. The molecule has 48 valence electrons. The number of aliphatic carboxylic acids is 2. The van der Waals surface area contributed by atoms with Gasteiger partial charge in [0.25, 0.3) is 0 Å². The molecule has 0 radical (unpaired) electrons. The van der Waals surface area contributed by atoms with Crippen LogP contribution in [-0.4, -0.2) is 11.9 Å². The summed E-state index contributed by atoms with van der Waals surface area (Å²) < 4.78 is 0. The van der Waals surface area contributed by atoms with Crippen molar-refractivity contribution in [2.45, 2.75) is 12.8 Å². The Balaban J connectivity index is 0. The smallest absolute Gasteiger partial charge is 0.550 e. The summed E-state index contributed by atoms with van der Waals surface area (Å²) in [6.45, 7) is 0. The molecule has 0 amide bonds. The molecule has 9 heavy (non-hydrogen) atoms. The third-order valence-electron chi connectivity index (χ3n) is 0.533. The molecular formula is C4H4O4Ti. The van der Waals surface area contributed by atoms with Crippen LogP contribution in [0.1, 0.15) is 12.8 Å². The summed E-state index contributed by atoms with van der Waals surface area (Å²) in [5.74, 6) is -2.73. The second-order valence-corrected chi connectivity index (χ2v) is 1.24. The van der Waals surface area contributed by atoms with Crippen LogP contribution in [0.3, 0.4) is 0 Å². The Labute approximate surface area is 66.8 Å². The van der Waals surface area contributed by atoms with Gasteiger partial charge in [0, 0.05) is 11.9 Å². The average molecular weight is 164 g/mol. The normalized spacial score (nSPS) is 7.56. The topological polar surface area (TPSA) is 80.3 Å². The molecule has 0 aromatic carbocycles. The minimum Gasteiger partial charge on any atom is -0.550 e. The Kier molecular flexibility index (Phi) is 7.36. The summed E-state index contributed by atoms with van der Waals surface area (Å²) in [4.78, 5) is 19.0. The molecule has 0 unspecified atom stereocenters. The third-order valence-corrected chi connectivity index (χ3v) is 0.533. The summed E-state index contributed by atoms with van der Waals surface area (Å²) in [6.07, 6.45) is -0.940. The van der Waals surface area contributed by atoms with Crippen molar-refractivity contribution < 1.29 is 41.5 Å². The average Bonchev–Trinajstić information content (AvgIpc) is 1.61. The summed E-state index contributed by atoms with van der Waals surface area (Å²) in [5.41, 5.74) is 0. The predicted molar refractivity (Wildman–Crippen MR) is 19.2 cm³/mol. The molecule has 4 nitrogen and oxygen atoms in total. The van der Waals surface area contributed by atoms with E-state index in [1.54, 1.807) is 0 Å². The Morgan fingerprint density at radius 3 is 1.33 bits per heavy atom. The van der Waals surface area contributed by atoms with E-state index in [-0.39, 0.29) is 21.7 Å². The van der Waals surface area contributed by atoms with E-state index in [1.165, 1.54) is 0 Å². The van der Waals surface area contributed by atoms with Gasteiger partial charge in [-0.2, -0.15) is 0 Å². The summed E-state index contributed by atoms with van der Waals surface area (Å²) in [7, 11) is 0. The van der Waals surface area contributed by atoms with E-state index in [9.17, 15) is 19.8 Å². The molecule has 0 aromatic rings. The van der Waals surface area contributed by atoms with E-state index < -0.39 is 24.8 Å². The third kappa shape index (κ3) is 11.3. The zero-order chi connectivity index (χ0) is 6.57. The maximum atomic E-state index is 9.50. The first-order chi connectivity index (χ1) is 3.63. The van der Waals surface area contributed by atoms with E-state index in [1.807, 2.05) is 0 Å². The molecule has 0 fully saturated rings. The van der Waals surface area contributed by atoms with Gasteiger partial charge in [0.1, 0.15) is 0 Å². The van der Waals surface area contributed by atoms with E-state index in [4.69, 9.17) is 0 Å². The fourth-order valence-corrected chi connectivity index (χ4v) is 0.204. The largest absolute Gasteiger partial charge is 2.00 e. The Morgan fingerprint density at radius 1 is 1.00 bits per heavy atom. The van der Waals surface area contributed by atoms with Crippen molar-refractivity contribution in [3.63, 3.8) is 0 Å². The minimum atomic E-state index is -1.37. The molecule has 0 atom stereocenters. The van der Waals surface area contributed by atoms with Crippen molar-refractivity contribution in [2.24, 2.45) is 0 Å². The number of carboxylic acids is 2. The van der Waals surface area contributed by atoms with Crippen molar-refractivity contribution in [1.82, 2.24) is 0 Å². The van der Waals surface area contributed by atoms with Crippen LogP contribution in [0.2, 0.25) is 0 Å². The fourth-order valence-electron chi connectivity index (χ4n) is 0.204. The van der Waals surface area contributed by atoms with E-state index >= 15 is 0 Å². The first-order valence-electron chi connectivity index (χ1n) is 2.02. The molecule has 0 aromatic heterocycles. The number of hydrogen-bond donors (Lipinski definition) is 0.